The van der Waals surface area contributed by atoms with Gasteiger partial charge >= 0.3 is 17.9 Å². The van der Waals surface area contributed by atoms with E-state index in [4.69, 9.17) is 14.2 Å². The first-order chi connectivity index (χ1) is 37.0. The van der Waals surface area contributed by atoms with Crippen LogP contribution in [0.2, 0.25) is 0 Å². The van der Waals surface area contributed by atoms with Crippen LogP contribution in [0.1, 0.15) is 342 Å². The number of rotatable bonds is 60. The highest BCUT2D eigenvalue weighted by atomic mass is 16.6. The summed E-state index contributed by atoms with van der Waals surface area (Å²) in [5.41, 5.74) is 0. The molecule has 0 aromatic carbocycles. The number of carbonyl (C=O) groups excluding carboxylic acids is 3. The Bertz CT molecular complexity index is 1340. The summed E-state index contributed by atoms with van der Waals surface area (Å²) in [4.78, 5) is 38.3. The van der Waals surface area contributed by atoms with Gasteiger partial charge in [0.15, 0.2) is 6.10 Å². The quantitative estimate of drug-likeness (QED) is 0.0261. The van der Waals surface area contributed by atoms with Crippen LogP contribution in [0.4, 0.5) is 0 Å². The van der Waals surface area contributed by atoms with Crippen LogP contribution >= 0.6 is 0 Å². The lowest BCUT2D eigenvalue weighted by Gasteiger charge is -2.18. The summed E-state index contributed by atoms with van der Waals surface area (Å²) < 4.78 is 16.9. The molecule has 0 fully saturated rings. The van der Waals surface area contributed by atoms with Gasteiger partial charge in [-0.05, 0) is 64.2 Å². The Morgan fingerprint density at radius 2 is 0.520 bits per heavy atom. The summed E-state index contributed by atoms with van der Waals surface area (Å²) >= 11 is 0. The van der Waals surface area contributed by atoms with Crippen LogP contribution in [0.5, 0.6) is 0 Å². The minimum absolute atomic E-state index is 0.0707. The maximum atomic E-state index is 12.9. The average molecular weight is 1050 g/mol. The Kier molecular flexibility index (Phi) is 61.2. The number of carbonyl (C=O) groups is 3. The van der Waals surface area contributed by atoms with Crippen molar-refractivity contribution in [2.75, 3.05) is 13.2 Å². The van der Waals surface area contributed by atoms with Crippen molar-refractivity contribution < 1.29 is 28.6 Å². The molecule has 6 heteroatoms. The predicted octanol–water partition coefficient (Wildman–Crippen LogP) is 22.3. The Morgan fingerprint density at radius 1 is 0.280 bits per heavy atom. The van der Waals surface area contributed by atoms with E-state index in [0.29, 0.717) is 19.3 Å². The van der Waals surface area contributed by atoms with E-state index in [1.165, 1.54) is 205 Å². The second kappa shape index (κ2) is 63.6. The summed E-state index contributed by atoms with van der Waals surface area (Å²) in [7, 11) is 0. The molecule has 436 valence electrons. The lowest BCUT2D eigenvalue weighted by molar-refractivity contribution is -0.167. The van der Waals surface area contributed by atoms with Crippen LogP contribution < -0.4 is 0 Å². The SMILES string of the molecule is CC/C=C\C/C=C\C/C=C\C/C=C\C/C=C\CCCCCCCCCCCC(=O)OCC(COC(=O)CCCCCCCCCCCCCC)OC(=O)CCCCCCCCCCCCCCCCCCCCCC. The zero-order valence-corrected chi connectivity index (χ0v) is 50.1. The Labute approximate surface area is 466 Å². The van der Waals surface area contributed by atoms with Gasteiger partial charge in [-0.3, -0.25) is 14.4 Å². The fourth-order valence-electron chi connectivity index (χ4n) is 9.65. The van der Waals surface area contributed by atoms with Crippen LogP contribution in [0.15, 0.2) is 60.8 Å². The summed E-state index contributed by atoms with van der Waals surface area (Å²) in [6, 6.07) is 0. The second-order valence-corrected chi connectivity index (χ2v) is 22.0. The van der Waals surface area contributed by atoms with Crippen molar-refractivity contribution in [3.05, 3.63) is 60.8 Å². The molecule has 0 bridgehead atoms. The number of hydrogen-bond acceptors (Lipinski definition) is 6. The van der Waals surface area contributed by atoms with Crippen molar-refractivity contribution in [3.63, 3.8) is 0 Å². The highest BCUT2D eigenvalue weighted by molar-refractivity contribution is 5.71. The summed E-state index contributed by atoms with van der Waals surface area (Å²) in [6.07, 6.45) is 80.9. The summed E-state index contributed by atoms with van der Waals surface area (Å²) in [6.45, 7) is 6.57. The topological polar surface area (TPSA) is 78.9 Å². The lowest BCUT2D eigenvalue weighted by Crippen LogP contribution is -2.30. The van der Waals surface area contributed by atoms with Gasteiger partial charge in [-0.2, -0.15) is 0 Å². The van der Waals surface area contributed by atoms with Crippen LogP contribution in [-0.4, -0.2) is 37.2 Å². The first-order valence-corrected chi connectivity index (χ1v) is 32.8. The number of allylic oxidation sites excluding steroid dienone is 10. The molecule has 0 radical (unpaired) electrons. The maximum Gasteiger partial charge on any atom is 0.306 e. The lowest BCUT2D eigenvalue weighted by atomic mass is 10.0. The Balaban J connectivity index is 4.27. The largest absolute Gasteiger partial charge is 0.462 e. The normalized spacial score (nSPS) is 12.4. The van der Waals surface area contributed by atoms with Gasteiger partial charge in [-0.1, -0.05) is 319 Å². The third-order valence-corrected chi connectivity index (χ3v) is 14.5. The molecule has 0 saturated heterocycles. The molecule has 0 amide bonds. The van der Waals surface area contributed by atoms with E-state index in [1.54, 1.807) is 0 Å². The molecule has 0 heterocycles. The maximum absolute atomic E-state index is 12.9. The first-order valence-electron chi connectivity index (χ1n) is 32.8. The van der Waals surface area contributed by atoms with Gasteiger partial charge in [0, 0.05) is 19.3 Å². The highest BCUT2D eigenvalue weighted by Gasteiger charge is 2.19. The number of unbranched alkanes of at least 4 members (excludes halogenated alkanes) is 39. The van der Waals surface area contributed by atoms with Crippen LogP contribution in [0.25, 0.3) is 0 Å². The standard InChI is InChI=1S/C69H124O6/c1-4-7-10-13-16-19-22-25-27-29-31-33-34-35-36-37-39-40-42-44-47-50-53-56-59-62-68(71)74-65-66(64-73-67(70)61-58-55-52-49-46-24-21-18-15-12-9-6-3)75-69(72)63-60-57-54-51-48-45-43-41-38-32-30-28-26-23-20-17-14-11-8-5-2/h7,10,16,19,25,27,31,33,35-36,66H,4-6,8-9,11-15,17-18,20-24,26,28-30,32,34,37-65H2,1-3H3/b10-7-,19-16-,27-25-,33-31-,36-35-. The van der Waals surface area contributed by atoms with Crippen LogP contribution in [0.3, 0.4) is 0 Å². The fraction of sp³-hybridized carbons (Fsp3) is 0.812. The number of esters is 3. The molecule has 0 spiro atoms. The smallest absolute Gasteiger partial charge is 0.306 e. The molecule has 0 aromatic rings. The molecule has 0 aliphatic heterocycles. The summed E-state index contributed by atoms with van der Waals surface area (Å²) in [5, 5.41) is 0. The van der Waals surface area contributed by atoms with E-state index in [1.807, 2.05) is 0 Å². The van der Waals surface area contributed by atoms with Crippen molar-refractivity contribution in [2.24, 2.45) is 0 Å². The van der Waals surface area contributed by atoms with Gasteiger partial charge < -0.3 is 14.2 Å². The minimum Gasteiger partial charge on any atom is -0.462 e. The van der Waals surface area contributed by atoms with Crippen molar-refractivity contribution in [2.45, 2.75) is 348 Å². The minimum atomic E-state index is -0.774. The third-order valence-electron chi connectivity index (χ3n) is 14.5. The van der Waals surface area contributed by atoms with E-state index < -0.39 is 6.10 Å². The van der Waals surface area contributed by atoms with Gasteiger partial charge in [0.2, 0.25) is 0 Å². The molecule has 0 aromatic heterocycles. The molecule has 0 saturated carbocycles. The Morgan fingerprint density at radius 3 is 0.813 bits per heavy atom. The van der Waals surface area contributed by atoms with Crippen LogP contribution in [0, 0.1) is 0 Å². The molecule has 75 heavy (non-hydrogen) atoms. The zero-order chi connectivity index (χ0) is 54.3. The number of ether oxygens (including phenoxy) is 3. The van der Waals surface area contributed by atoms with E-state index in [0.717, 1.165) is 96.3 Å². The van der Waals surface area contributed by atoms with Gasteiger partial charge in [-0.25, -0.2) is 0 Å². The molecular weight excluding hydrogens is 925 g/mol. The molecule has 0 N–H and O–H groups in total. The Hall–Kier alpha value is -2.89. The van der Waals surface area contributed by atoms with E-state index in [2.05, 4.69) is 81.5 Å². The molecule has 0 aliphatic carbocycles. The molecule has 0 aliphatic rings. The van der Waals surface area contributed by atoms with E-state index in [-0.39, 0.29) is 31.1 Å². The molecule has 1 unspecified atom stereocenters. The second-order valence-electron chi connectivity index (χ2n) is 22.0. The van der Waals surface area contributed by atoms with Gasteiger partial charge in [0.1, 0.15) is 13.2 Å². The highest BCUT2D eigenvalue weighted by Crippen LogP contribution is 2.18. The van der Waals surface area contributed by atoms with Gasteiger partial charge in [0.05, 0.1) is 0 Å². The van der Waals surface area contributed by atoms with Crippen molar-refractivity contribution >= 4 is 17.9 Å². The summed E-state index contributed by atoms with van der Waals surface area (Å²) in [5.74, 6) is -0.855. The number of hydrogen-bond donors (Lipinski definition) is 0. The monoisotopic (exact) mass is 1050 g/mol. The van der Waals surface area contributed by atoms with E-state index in [9.17, 15) is 14.4 Å². The van der Waals surface area contributed by atoms with Gasteiger partial charge in [0.25, 0.3) is 0 Å². The van der Waals surface area contributed by atoms with E-state index >= 15 is 0 Å². The van der Waals surface area contributed by atoms with Crippen molar-refractivity contribution in [1.82, 2.24) is 0 Å². The molecule has 6 nitrogen and oxygen atoms in total. The third kappa shape index (κ3) is 61.8. The first kappa shape index (κ1) is 72.1. The molecular formula is C69H124O6. The predicted molar refractivity (Wildman–Crippen MR) is 325 cm³/mol. The van der Waals surface area contributed by atoms with Crippen molar-refractivity contribution in [1.29, 1.82) is 0 Å². The van der Waals surface area contributed by atoms with Gasteiger partial charge in [-0.15, -0.1) is 0 Å². The zero-order valence-electron chi connectivity index (χ0n) is 50.1. The average Bonchev–Trinajstić information content (AvgIpc) is 3.41. The van der Waals surface area contributed by atoms with Crippen LogP contribution in [-0.2, 0) is 28.6 Å². The molecule has 1 atom stereocenters. The fourth-order valence-corrected chi connectivity index (χ4v) is 9.65. The molecule has 0 rings (SSSR count). The van der Waals surface area contributed by atoms with Crippen molar-refractivity contribution in [3.8, 4) is 0 Å².